The van der Waals surface area contributed by atoms with Crippen LogP contribution in [0.2, 0.25) is 0 Å². The molecule has 3 N–H and O–H groups in total. The van der Waals surface area contributed by atoms with E-state index in [4.69, 9.17) is 5.73 Å². The average molecular weight is 114 g/mol. The molecule has 0 aliphatic rings. The molecule has 1 amide bonds. The molecule has 0 spiro atoms. The van der Waals surface area contributed by atoms with E-state index in [2.05, 4.69) is 5.32 Å². The molecule has 0 aliphatic carbocycles. The monoisotopic (exact) mass is 114 g/mol. The van der Waals surface area contributed by atoms with Crippen LogP contribution in [0.3, 0.4) is 0 Å². The van der Waals surface area contributed by atoms with Crippen LogP contribution in [0.25, 0.3) is 0 Å². The number of amides is 1. The van der Waals surface area contributed by atoms with Crippen molar-refractivity contribution in [3.05, 3.63) is 11.4 Å². The lowest BCUT2D eigenvalue weighted by molar-refractivity contribution is -0.108. The van der Waals surface area contributed by atoms with Gasteiger partial charge in [0.1, 0.15) is 5.82 Å². The molecule has 0 aromatic carbocycles. The van der Waals surface area contributed by atoms with Gasteiger partial charge < -0.3 is 11.1 Å². The second-order valence-electron chi connectivity index (χ2n) is 1.68. The van der Waals surface area contributed by atoms with Gasteiger partial charge in [0.25, 0.3) is 0 Å². The second kappa shape index (κ2) is 3.07. The van der Waals surface area contributed by atoms with E-state index in [1.54, 1.807) is 0 Å². The lowest BCUT2D eigenvalue weighted by Crippen LogP contribution is -2.18. The minimum absolute atomic E-state index is 0.431. The van der Waals surface area contributed by atoms with Crippen LogP contribution in [-0.2, 0) is 4.79 Å². The fourth-order valence-electron chi connectivity index (χ4n) is 0.208. The second-order valence-corrected chi connectivity index (χ2v) is 1.68. The molecule has 0 saturated heterocycles. The Kier molecular flexibility index (Phi) is 2.69. The molecule has 0 atom stereocenters. The predicted molar refractivity (Wildman–Crippen MR) is 31.8 cm³/mol. The summed E-state index contributed by atoms with van der Waals surface area (Å²) >= 11 is 0. The van der Waals surface area contributed by atoms with Crippen LogP contribution >= 0.6 is 0 Å². The van der Waals surface area contributed by atoms with Gasteiger partial charge in [0.15, 0.2) is 0 Å². The summed E-state index contributed by atoms with van der Waals surface area (Å²) < 4.78 is 0. The first-order chi connectivity index (χ1) is 3.68. The van der Waals surface area contributed by atoms with E-state index < -0.39 is 0 Å². The minimum atomic E-state index is 0.431. The molecule has 0 radical (unpaired) electrons. The van der Waals surface area contributed by atoms with E-state index in [-0.39, 0.29) is 0 Å². The van der Waals surface area contributed by atoms with Crippen molar-refractivity contribution < 1.29 is 4.79 Å². The van der Waals surface area contributed by atoms with Gasteiger partial charge in [0.05, 0.1) is 0 Å². The van der Waals surface area contributed by atoms with Gasteiger partial charge >= 0.3 is 0 Å². The molecule has 46 valence electrons. The SMILES string of the molecule is CC(C)=C(N)NC=O. The maximum atomic E-state index is 9.69. The van der Waals surface area contributed by atoms with Gasteiger partial charge in [0, 0.05) is 0 Å². The Labute approximate surface area is 48.6 Å². The summed E-state index contributed by atoms with van der Waals surface area (Å²) in [4.78, 5) is 9.69. The van der Waals surface area contributed by atoms with Gasteiger partial charge in [-0.05, 0) is 19.4 Å². The minimum Gasteiger partial charge on any atom is -0.385 e. The third-order valence-corrected chi connectivity index (χ3v) is 0.753. The molecule has 0 fully saturated rings. The topological polar surface area (TPSA) is 55.1 Å². The van der Waals surface area contributed by atoms with Gasteiger partial charge in [0.2, 0.25) is 6.41 Å². The quantitative estimate of drug-likeness (QED) is 0.494. The fraction of sp³-hybridized carbons (Fsp3) is 0.400. The number of nitrogens with two attached hydrogens (primary N) is 1. The van der Waals surface area contributed by atoms with Crippen molar-refractivity contribution in [2.24, 2.45) is 5.73 Å². The highest BCUT2D eigenvalue weighted by atomic mass is 16.1. The zero-order valence-electron chi connectivity index (χ0n) is 5.06. The Bertz CT molecular complexity index is 114. The van der Waals surface area contributed by atoms with Crippen molar-refractivity contribution in [1.82, 2.24) is 5.32 Å². The summed E-state index contributed by atoms with van der Waals surface area (Å²) in [5.41, 5.74) is 6.18. The van der Waals surface area contributed by atoms with Gasteiger partial charge in [-0.1, -0.05) is 0 Å². The molecular formula is C5H10N2O. The molecular weight excluding hydrogens is 104 g/mol. The first kappa shape index (κ1) is 7.01. The number of carbonyl (C=O) groups is 1. The summed E-state index contributed by atoms with van der Waals surface area (Å²) in [5.74, 6) is 0.431. The Morgan fingerprint density at radius 2 is 2.12 bits per heavy atom. The van der Waals surface area contributed by atoms with E-state index in [9.17, 15) is 4.79 Å². The number of hydrogen-bond donors (Lipinski definition) is 2. The van der Waals surface area contributed by atoms with Gasteiger partial charge in [-0.2, -0.15) is 0 Å². The zero-order valence-corrected chi connectivity index (χ0v) is 5.06. The van der Waals surface area contributed by atoms with Gasteiger partial charge in [-0.3, -0.25) is 4.79 Å². The lowest BCUT2D eigenvalue weighted by Gasteiger charge is -1.97. The Hall–Kier alpha value is -0.990. The Balaban J connectivity index is 3.79. The molecule has 0 aromatic heterocycles. The van der Waals surface area contributed by atoms with Crippen molar-refractivity contribution in [3.8, 4) is 0 Å². The van der Waals surface area contributed by atoms with E-state index in [0.717, 1.165) is 5.57 Å². The smallest absolute Gasteiger partial charge is 0.212 e. The molecule has 0 heterocycles. The predicted octanol–water partition coefficient (Wildman–Crippen LogP) is -0.0575. The van der Waals surface area contributed by atoms with E-state index in [0.29, 0.717) is 12.2 Å². The molecule has 0 unspecified atom stereocenters. The third kappa shape index (κ3) is 2.23. The molecule has 8 heavy (non-hydrogen) atoms. The number of nitrogens with one attached hydrogen (secondary N) is 1. The first-order valence-corrected chi connectivity index (χ1v) is 2.31. The molecule has 0 saturated carbocycles. The molecule has 0 aromatic rings. The summed E-state index contributed by atoms with van der Waals surface area (Å²) in [5, 5.41) is 2.32. The number of hydrogen-bond acceptors (Lipinski definition) is 2. The van der Waals surface area contributed by atoms with Crippen LogP contribution in [-0.4, -0.2) is 6.41 Å². The van der Waals surface area contributed by atoms with Gasteiger partial charge in [-0.15, -0.1) is 0 Å². The van der Waals surface area contributed by atoms with Crippen LogP contribution in [0.4, 0.5) is 0 Å². The summed E-state index contributed by atoms with van der Waals surface area (Å²) in [6, 6.07) is 0. The maximum absolute atomic E-state index is 9.69. The van der Waals surface area contributed by atoms with Crippen molar-refractivity contribution in [2.75, 3.05) is 0 Å². The highest BCUT2D eigenvalue weighted by molar-refractivity contribution is 5.49. The van der Waals surface area contributed by atoms with Crippen molar-refractivity contribution in [1.29, 1.82) is 0 Å². The third-order valence-electron chi connectivity index (χ3n) is 0.753. The number of allylic oxidation sites excluding steroid dienone is 1. The van der Waals surface area contributed by atoms with Crippen molar-refractivity contribution >= 4 is 6.41 Å². The average Bonchev–Trinajstić information content (AvgIpc) is 1.67. The molecule has 3 heteroatoms. The largest absolute Gasteiger partial charge is 0.385 e. The van der Waals surface area contributed by atoms with Crippen LogP contribution in [0.15, 0.2) is 11.4 Å². The normalized spacial score (nSPS) is 7.75. The molecule has 0 aliphatic heterocycles. The highest BCUT2D eigenvalue weighted by Gasteiger charge is 1.85. The number of rotatable bonds is 2. The molecule has 0 rings (SSSR count). The van der Waals surface area contributed by atoms with Crippen LogP contribution in [0.5, 0.6) is 0 Å². The lowest BCUT2D eigenvalue weighted by atomic mass is 10.3. The van der Waals surface area contributed by atoms with Gasteiger partial charge in [-0.25, -0.2) is 0 Å². The van der Waals surface area contributed by atoms with Crippen molar-refractivity contribution in [3.63, 3.8) is 0 Å². The van der Waals surface area contributed by atoms with Crippen LogP contribution in [0.1, 0.15) is 13.8 Å². The summed E-state index contributed by atoms with van der Waals surface area (Å²) in [6.07, 6.45) is 0.558. The Morgan fingerprint density at radius 3 is 2.25 bits per heavy atom. The van der Waals surface area contributed by atoms with E-state index in [1.165, 1.54) is 0 Å². The maximum Gasteiger partial charge on any atom is 0.212 e. The van der Waals surface area contributed by atoms with Crippen molar-refractivity contribution in [2.45, 2.75) is 13.8 Å². The summed E-state index contributed by atoms with van der Waals surface area (Å²) in [7, 11) is 0. The van der Waals surface area contributed by atoms with E-state index >= 15 is 0 Å². The first-order valence-electron chi connectivity index (χ1n) is 2.31. The van der Waals surface area contributed by atoms with E-state index in [1.807, 2.05) is 13.8 Å². The Morgan fingerprint density at radius 1 is 1.62 bits per heavy atom. The van der Waals surface area contributed by atoms with Crippen LogP contribution < -0.4 is 11.1 Å². The fourth-order valence-corrected chi connectivity index (χ4v) is 0.208. The van der Waals surface area contributed by atoms with Crippen LogP contribution in [0, 0.1) is 0 Å². The standard InChI is InChI=1S/C5H10N2O/c1-4(2)5(6)7-3-8/h3H,6H2,1-2H3,(H,7,8). The molecule has 3 nitrogen and oxygen atoms in total. The molecule has 0 bridgehead atoms. The summed E-state index contributed by atoms with van der Waals surface area (Å²) in [6.45, 7) is 3.65. The zero-order chi connectivity index (χ0) is 6.57. The highest BCUT2D eigenvalue weighted by Crippen LogP contribution is 1.88. The number of carbonyl (C=O) groups excluding carboxylic acids is 1.